The van der Waals surface area contributed by atoms with Gasteiger partial charge in [-0.1, -0.05) is 43.0 Å². The molecule has 0 aromatic carbocycles. The van der Waals surface area contributed by atoms with Gasteiger partial charge in [0, 0.05) is 0 Å². The number of nitrogens with zero attached hydrogens (tertiary/aromatic N) is 3. The Kier molecular flexibility index (Phi) is 5.21. The van der Waals surface area contributed by atoms with E-state index in [0.717, 1.165) is 15.4 Å². The molecule has 1 aliphatic rings. The first-order chi connectivity index (χ1) is 11.2. The van der Waals surface area contributed by atoms with Gasteiger partial charge in [0.05, 0.1) is 12.5 Å². The van der Waals surface area contributed by atoms with Crippen molar-refractivity contribution in [1.29, 1.82) is 0 Å². The fraction of sp³-hybridized carbons (Fsp3) is 0.467. The number of ether oxygens (including phenoxy) is 1. The van der Waals surface area contributed by atoms with Crippen molar-refractivity contribution in [2.45, 2.75) is 27.1 Å². The normalized spacial score (nSPS) is 20.8. The molecule has 1 aromatic heterocycles. The lowest BCUT2D eigenvalue weighted by atomic mass is 10.1. The summed E-state index contributed by atoms with van der Waals surface area (Å²) in [6, 6.07) is 0. The molecular weight excluding hydrogens is 357 g/mol. The van der Waals surface area contributed by atoms with Crippen molar-refractivity contribution in [3.8, 4) is 12.3 Å². The average molecular weight is 372 g/mol. The van der Waals surface area contributed by atoms with E-state index in [0.29, 0.717) is 0 Å². The Balaban J connectivity index is 2.10. The Morgan fingerprint density at radius 3 is 2.75 bits per heavy atom. The van der Waals surface area contributed by atoms with E-state index in [1.165, 1.54) is 0 Å². The molecule has 1 aromatic rings. The highest BCUT2D eigenvalue weighted by Gasteiger charge is 2.61. The number of carbonyl (C=O) groups is 1. The number of hydrogen-bond acceptors (Lipinski definition) is 5. The maximum atomic E-state index is 12.2. The monoisotopic (exact) mass is 371 g/mol. The molecule has 0 radical (unpaired) electrons. The summed E-state index contributed by atoms with van der Waals surface area (Å²) in [5, 5.41) is 3.65. The smallest absolute Gasteiger partial charge is 0.351 e. The molecule has 1 aliphatic carbocycles. The molecule has 0 saturated heterocycles. The Morgan fingerprint density at radius 1 is 1.50 bits per heavy atom. The van der Waals surface area contributed by atoms with Crippen LogP contribution in [0.4, 0.5) is 0 Å². The number of carbonyl (C=O) groups excluding carboxylic acids is 1. The molecule has 0 bridgehead atoms. The first-order valence-corrected chi connectivity index (χ1v) is 7.75. The van der Waals surface area contributed by atoms with E-state index in [1.54, 1.807) is 6.08 Å². The topological polar surface area (TPSA) is 83.2 Å². The van der Waals surface area contributed by atoms with Crippen LogP contribution in [0.1, 0.15) is 13.8 Å². The van der Waals surface area contributed by atoms with Gasteiger partial charge in [0.25, 0.3) is 5.56 Å². The molecule has 2 atom stereocenters. The van der Waals surface area contributed by atoms with Gasteiger partial charge in [0.1, 0.15) is 10.7 Å². The first-order valence-electron chi connectivity index (χ1n) is 7.00. The highest BCUT2D eigenvalue weighted by molar-refractivity contribution is 6.55. The van der Waals surface area contributed by atoms with Gasteiger partial charge in [-0.15, -0.1) is 6.42 Å². The van der Waals surface area contributed by atoms with Gasteiger partial charge in [-0.25, -0.2) is 9.36 Å². The largest absolute Gasteiger partial charge is 0.442 e. The van der Waals surface area contributed by atoms with E-state index in [9.17, 15) is 14.4 Å². The maximum absolute atomic E-state index is 12.2. The lowest BCUT2D eigenvalue weighted by Crippen LogP contribution is -2.41. The molecule has 0 N–H and O–H groups in total. The summed E-state index contributed by atoms with van der Waals surface area (Å²) in [6.07, 6.45) is 7.64. The van der Waals surface area contributed by atoms with Crippen LogP contribution >= 0.6 is 23.2 Å². The minimum Gasteiger partial charge on any atom is -0.442 e. The number of terminal acetylenes is 1. The summed E-state index contributed by atoms with van der Waals surface area (Å²) in [7, 11) is 0. The Hall–Kier alpha value is -2.04. The lowest BCUT2D eigenvalue weighted by Gasteiger charge is -2.08. The summed E-state index contributed by atoms with van der Waals surface area (Å²) >= 11 is 11.3. The summed E-state index contributed by atoms with van der Waals surface area (Å²) in [5.74, 6) is 1.14. The molecule has 1 saturated carbocycles. The SMILES string of the molecule is C#CCn1c(=O)cnn(COC(=O)C2C(C=C(Cl)Cl)C2(C)C)c1=O. The van der Waals surface area contributed by atoms with Crippen LogP contribution < -0.4 is 11.2 Å². The Labute approximate surface area is 147 Å². The first kappa shape index (κ1) is 18.3. The number of hydrogen-bond donors (Lipinski definition) is 0. The minimum absolute atomic E-state index is 0.0858. The van der Waals surface area contributed by atoms with Crippen molar-refractivity contribution in [3.63, 3.8) is 0 Å². The summed E-state index contributed by atoms with van der Waals surface area (Å²) in [4.78, 5) is 35.8. The van der Waals surface area contributed by atoms with Gasteiger partial charge in [-0.2, -0.15) is 9.78 Å². The molecule has 0 aliphatic heterocycles. The van der Waals surface area contributed by atoms with E-state index >= 15 is 0 Å². The zero-order valence-electron chi connectivity index (χ0n) is 13.0. The third-order valence-corrected chi connectivity index (χ3v) is 4.33. The molecule has 7 nitrogen and oxygen atoms in total. The second-order valence-corrected chi connectivity index (χ2v) is 6.94. The third-order valence-electron chi connectivity index (χ3n) is 4.07. The highest BCUT2D eigenvalue weighted by Crippen LogP contribution is 2.60. The molecule has 0 amide bonds. The fourth-order valence-electron chi connectivity index (χ4n) is 2.59. The van der Waals surface area contributed by atoms with Gasteiger partial charge < -0.3 is 4.74 Å². The van der Waals surface area contributed by atoms with E-state index < -0.39 is 29.9 Å². The minimum atomic E-state index is -0.747. The molecule has 24 heavy (non-hydrogen) atoms. The summed E-state index contributed by atoms with van der Waals surface area (Å²) < 4.78 is 6.89. The van der Waals surface area contributed by atoms with Crippen molar-refractivity contribution >= 4 is 29.2 Å². The fourth-order valence-corrected chi connectivity index (χ4v) is 2.86. The number of esters is 1. The van der Waals surface area contributed by atoms with E-state index in [-0.39, 0.29) is 22.4 Å². The number of rotatable bonds is 5. The van der Waals surface area contributed by atoms with Crippen molar-refractivity contribution < 1.29 is 9.53 Å². The van der Waals surface area contributed by atoms with Crippen LogP contribution in [0.5, 0.6) is 0 Å². The lowest BCUT2D eigenvalue weighted by molar-refractivity contribution is -0.150. The van der Waals surface area contributed by atoms with Crippen LogP contribution in [-0.2, 0) is 22.8 Å². The van der Waals surface area contributed by atoms with Crippen molar-refractivity contribution in [2.75, 3.05) is 0 Å². The standard InChI is InChI=1S/C15H15Cl2N3O4/c1-4-5-19-11(21)7-18-20(14(19)23)8-24-13(22)12-9(6-10(16)17)15(12,2)3/h1,6-7,9,12H,5,8H2,2-3H3. The van der Waals surface area contributed by atoms with Crippen LogP contribution in [-0.4, -0.2) is 20.3 Å². The van der Waals surface area contributed by atoms with E-state index in [1.807, 2.05) is 13.8 Å². The second kappa shape index (κ2) is 6.83. The molecule has 2 unspecified atom stereocenters. The van der Waals surface area contributed by atoms with Crippen LogP contribution in [0.3, 0.4) is 0 Å². The number of allylic oxidation sites excluding steroid dienone is 1. The zero-order valence-corrected chi connectivity index (χ0v) is 14.5. The zero-order chi connectivity index (χ0) is 18.1. The summed E-state index contributed by atoms with van der Waals surface area (Å²) in [5.41, 5.74) is -1.71. The maximum Gasteiger partial charge on any atom is 0.351 e. The average Bonchev–Trinajstić information content (AvgIpc) is 3.02. The van der Waals surface area contributed by atoms with Crippen LogP contribution in [0.25, 0.3) is 0 Å². The van der Waals surface area contributed by atoms with Crippen molar-refractivity contribution in [1.82, 2.24) is 14.3 Å². The van der Waals surface area contributed by atoms with Gasteiger partial charge in [0.2, 0.25) is 0 Å². The van der Waals surface area contributed by atoms with Crippen LogP contribution in [0, 0.1) is 29.6 Å². The van der Waals surface area contributed by atoms with Gasteiger partial charge in [-0.05, 0) is 17.4 Å². The van der Waals surface area contributed by atoms with Crippen LogP contribution in [0.15, 0.2) is 26.4 Å². The molecule has 1 heterocycles. The molecule has 128 valence electrons. The van der Waals surface area contributed by atoms with Gasteiger partial charge in [0.15, 0.2) is 6.73 Å². The Bertz CT molecular complexity index is 844. The quantitative estimate of drug-likeness (QED) is 0.572. The van der Waals surface area contributed by atoms with E-state index in [2.05, 4.69) is 11.0 Å². The van der Waals surface area contributed by atoms with Gasteiger partial charge >= 0.3 is 11.7 Å². The van der Waals surface area contributed by atoms with Crippen LogP contribution in [0.2, 0.25) is 0 Å². The van der Waals surface area contributed by atoms with Gasteiger partial charge in [-0.3, -0.25) is 9.59 Å². The van der Waals surface area contributed by atoms with Crippen molar-refractivity contribution in [3.05, 3.63) is 37.6 Å². The predicted molar refractivity (Wildman–Crippen MR) is 88.2 cm³/mol. The third kappa shape index (κ3) is 3.55. The number of halogens is 2. The summed E-state index contributed by atoms with van der Waals surface area (Å²) in [6.45, 7) is 3.16. The molecule has 2 rings (SSSR count). The predicted octanol–water partition coefficient (Wildman–Crippen LogP) is 1.13. The number of aromatic nitrogens is 3. The molecular formula is C15H15Cl2N3O4. The second-order valence-electron chi connectivity index (χ2n) is 5.93. The molecule has 9 heteroatoms. The highest BCUT2D eigenvalue weighted by atomic mass is 35.5. The Morgan fingerprint density at radius 2 is 2.17 bits per heavy atom. The van der Waals surface area contributed by atoms with E-state index in [4.69, 9.17) is 34.4 Å². The molecule has 0 spiro atoms. The van der Waals surface area contributed by atoms with Crippen molar-refractivity contribution in [2.24, 2.45) is 17.3 Å². The molecule has 1 fully saturated rings.